The maximum Gasteiger partial charge on any atom is 0.346 e. The number of aliphatic carboxylic acids is 1. The molecule has 0 aliphatic heterocycles. The average molecular weight is 617 g/mol. The lowest BCUT2D eigenvalue weighted by Gasteiger charge is -2.32. The molecule has 5 heteroatoms. The molecule has 0 radical (unpaired) electrons. The lowest BCUT2D eigenvalue weighted by Crippen LogP contribution is -2.23. The largest absolute Gasteiger partial charge is 0.477 e. The summed E-state index contributed by atoms with van der Waals surface area (Å²) in [7, 11) is 0. The van der Waals surface area contributed by atoms with Crippen molar-refractivity contribution >= 4 is 51.2 Å². The van der Waals surface area contributed by atoms with Crippen LogP contribution < -0.4 is 4.90 Å². The van der Waals surface area contributed by atoms with Gasteiger partial charge in [-0.2, -0.15) is 5.26 Å². The Bertz CT molecular complexity index is 2180. The van der Waals surface area contributed by atoms with Gasteiger partial charge in [-0.25, -0.2) is 4.79 Å². The summed E-state index contributed by atoms with van der Waals surface area (Å²) in [5, 5.41) is 20.9. The Morgan fingerprint density at radius 3 is 2.24 bits per heavy atom. The number of carbonyl (C=O) groups is 1. The molecule has 0 fully saturated rings. The number of hydrogen-bond donors (Lipinski definition) is 1. The van der Waals surface area contributed by atoms with E-state index in [1.807, 2.05) is 12.1 Å². The molecule has 1 heterocycles. The Morgan fingerprint density at radius 1 is 0.804 bits per heavy atom. The van der Waals surface area contributed by atoms with Gasteiger partial charge in [-0.15, -0.1) is 11.3 Å². The van der Waals surface area contributed by atoms with Crippen molar-refractivity contribution in [2.45, 2.75) is 32.1 Å². The maximum atomic E-state index is 11.4. The molecule has 1 aliphatic carbocycles. The van der Waals surface area contributed by atoms with Crippen molar-refractivity contribution in [2.24, 2.45) is 0 Å². The fraction of sp³-hybridized carbons (Fsp3) is 0.122. The molecule has 46 heavy (non-hydrogen) atoms. The molecular weight excluding hydrogens is 585 g/mol. The third-order valence-electron chi connectivity index (χ3n) is 9.38. The van der Waals surface area contributed by atoms with Gasteiger partial charge in [0.15, 0.2) is 0 Å². The van der Waals surface area contributed by atoms with Crippen molar-refractivity contribution in [3.8, 4) is 27.6 Å². The van der Waals surface area contributed by atoms with Gasteiger partial charge < -0.3 is 10.0 Å². The van der Waals surface area contributed by atoms with Crippen LogP contribution in [0.2, 0.25) is 0 Å². The molecule has 0 saturated carbocycles. The fourth-order valence-electron chi connectivity index (χ4n) is 7.06. The van der Waals surface area contributed by atoms with Gasteiger partial charge in [0.1, 0.15) is 11.6 Å². The first-order chi connectivity index (χ1) is 22.5. The van der Waals surface area contributed by atoms with E-state index in [1.165, 1.54) is 50.4 Å². The van der Waals surface area contributed by atoms with Gasteiger partial charge in [-0.1, -0.05) is 86.6 Å². The lowest BCUT2D eigenvalue weighted by molar-refractivity contribution is -0.132. The molecule has 7 rings (SSSR count). The Balaban J connectivity index is 1.36. The van der Waals surface area contributed by atoms with E-state index in [4.69, 9.17) is 0 Å². The van der Waals surface area contributed by atoms with Crippen LogP contribution in [0.4, 0.5) is 17.1 Å². The molecule has 0 unspecified atom stereocenters. The summed E-state index contributed by atoms with van der Waals surface area (Å²) >= 11 is 1.50. The van der Waals surface area contributed by atoms with Crippen molar-refractivity contribution in [3.63, 3.8) is 0 Å². The molecule has 1 aliphatic rings. The second-order valence-electron chi connectivity index (χ2n) is 11.6. The zero-order chi connectivity index (χ0) is 31.8. The number of hydrogen-bond acceptors (Lipinski definition) is 4. The molecule has 5 aromatic carbocycles. The molecule has 0 saturated heterocycles. The zero-order valence-electron chi connectivity index (χ0n) is 25.7. The van der Waals surface area contributed by atoms with Gasteiger partial charge in [-0.3, -0.25) is 0 Å². The predicted octanol–water partition coefficient (Wildman–Crippen LogP) is 11.1. The van der Waals surface area contributed by atoms with E-state index in [0.29, 0.717) is 0 Å². The minimum absolute atomic E-state index is 0.158. The number of thiophene rings is 1. The molecule has 0 amide bonds. The third-order valence-corrected chi connectivity index (χ3v) is 10.5. The topological polar surface area (TPSA) is 64.3 Å². The van der Waals surface area contributed by atoms with E-state index in [0.717, 1.165) is 45.2 Å². The third kappa shape index (κ3) is 4.79. The summed E-state index contributed by atoms with van der Waals surface area (Å²) in [5.74, 6) is -1.21. The highest BCUT2D eigenvalue weighted by atomic mass is 32.1. The summed E-state index contributed by atoms with van der Waals surface area (Å²) in [6.07, 6.45) is 3.36. The number of carboxylic acid groups (broad SMARTS) is 1. The van der Waals surface area contributed by atoms with Gasteiger partial charge in [0.2, 0.25) is 0 Å². The van der Waals surface area contributed by atoms with E-state index in [1.54, 1.807) is 6.07 Å². The molecule has 0 atom stereocenters. The van der Waals surface area contributed by atoms with Crippen LogP contribution in [0, 0.1) is 11.3 Å². The second kappa shape index (κ2) is 11.8. The van der Waals surface area contributed by atoms with E-state index >= 15 is 0 Å². The van der Waals surface area contributed by atoms with Gasteiger partial charge >= 0.3 is 5.97 Å². The van der Waals surface area contributed by atoms with Crippen LogP contribution in [-0.4, -0.2) is 11.1 Å². The van der Waals surface area contributed by atoms with E-state index in [9.17, 15) is 15.2 Å². The Kier molecular flexibility index (Phi) is 7.52. The smallest absolute Gasteiger partial charge is 0.346 e. The number of benzene rings is 5. The Hall–Kier alpha value is -5.44. The van der Waals surface area contributed by atoms with Gasteiger partial charge in [0.05, 0.1) is 5.69 Å². The molecule has 0 bridgehead atoms. The average Bonchev–Trinajstić information content (AvgIpc) is 3.68. The number of nitrogens with zero attached hydrogens (tertiary/aromatic N) is 2. The highest BCUT2D eigenvalue weighted by Crippen LogP contribution is 2.55. The van der Waals surface area contributed by atoms with Crippen LogP contribution in [0.1, 0.15) is 42.7 Å². The summed E-state index contributed by atoms with van der Waals surface area (Å²) in [6, 6.07) is 45.0. The monoisotopic (exact) mass is 616 g/mol. The van der Waals surface area contributed by atoms with Gasteiger partial charge in [0, 0.05) is 31.9 Å². The number of para-hydroxylation sites is 1. The van der Waals surface area contributed by atoms with Crippen molar-refractivity contribution in [1.82, 2.24) is 0 Å². The van der Waals surface area contributed by atoms with E-state index in [2.05, 4.69) is 128 Å². The quantitative estimate of drug-likeness (QED) is 0.136. The van der Waals surface area contributed by atoms with Crippen LogP contribution in [0.3, 0.4) is 0 Å². The Morgan fingerprint density at radius 2 is 1.50 bits per heavy atom. The van der Waals surface area contributed by atoms with Gasteiger partial charge in [0.25, 0.3) is 0 Å². The van der Waals surface area contributed by atoms with E-state index in [-0.39, 0.29) is 11.0 Å². The molecule has 1 aromatic heterocycles. The molecular formula is C41H32N2O2S. The van der Waals surface area contributed by atoms with Crippen molar-refractivity contribution in [2.75, 3.05) is 4.90 Å². The minimum atomic E-state index is -1.21. The lowest BCUT2D eigenvalue weighted by atomic mass is 9.73. The summed E-state index contributed by atoms with van der Waals surface area (Å²) < 4.78 is 0. The summed E-state index contributed by atoms with van der Waals surface area (Å²) in [4.78, 5) is 15.5. The van der Waals surface area contributed by atoms with Crippen molar-refractivity contribution in [3.05, 3.63) is 143 Å². The van der Waals surface area contributed by atoms with Crippen LogP contribution in [-0.2, 0) is 10.2 Å². The number of anilines is 3. The Labute approximate surface area is 273 Å². The van der Waals surface area contributed by atoms with E-state index < -0.39 is 5.97 Å². The van der Waals surface area contributed by atoms with Crippen LogP contribution >= 0.6 is 11.3 Å². The van der Waals surface area contributed by atoms with Crippen molar-refractivity contribution < 1.29 is 9.90 Å². The first-order valence-electron chi connectivity index (χ1n) is 15.5. The summed E-state index contributed by atoms with van der Waals surface area (Å²) in [5.41, 5.74) is 9.26. The van der Waals surface area contributed by atoms with Gasteiger partial charge in [-0.05, 0) is 101 Å². The number of rotatable bonds is 8. The highest BCUT2D eigenvalue weighted by molar-refractivity contribution is 7.16. The van der Waals surface area contributed by atoms with Crippen LogP contribution in [0.15, 0.2) is 127 Å². The first-order valence-corrected chi connectivity index (χ1v) is 16.4. The molecule has 0 spiro atoms. The standard InChI is InChI=1S/C41H32N2O2S/c1-3-41(4-2)36-24-28(39-22-19-32(46-39)23-29(26-42)40(44)45)17-20-34(36)35-21-18-31(25-37(35)41)43(30-13-6-5-7-14-30)38-16-10-12-27-11-8-9-15-33(27)38/h5-25H,3-4H2,1-2H3,(H,44,45)/b29-23-. The highest BCUT2D eigenvalue weighted by Gasteiger charge is 2.41. The van der Waals surface area contributed by atoms with Crippen LogP contribution in [0.25, 0.3) is 38.4 Å². The predicted molar refractivity (Wildman–Crippen MR) is 190 cm³/mol. The maximum absolute atomic E-state index is 11.4. The minimum Gasteiger partial charge on any atom is -0.477 e. The number of nitriles is 1. The van der Waals surface area contributed by atoms with Crippen LogP contribution in [0.5, 0.6) is 0 Å². The molecule has 4 nitrogen and oxygen atoms in total. The van der Waals surface area contributed by atoms with Crippen molar-refractivity contribution in [1.29, 1.82) is 5.26 Å². The SMILES string of the molecule is CCC1(CC)c2cc(-c3ccc(/C=C(/C#N)C(=O)O)s3)ccc2-c2ccc(N(c3ccccc3)c3cccc4ccccc34)cc21. The molecule has 1 N–H and O–H groups in total. The zero-order valence-corrected chi connectivity index (χ0v) is 26.5. The first kappa shape index (κ1) is 29.3. The fourth-order valence-corrected chi connectivity index (χ4v) is 8.01. The summed E-state index contributed by atoms with van der Waals surface area (Å²) in [6.45, 7) is 4.56. The normalized spacial score (nSPS) is 13.2. The molecule has 6 aromatic rings. The molecule has 224 valence electrons. The number of fused-ring (bicyclic) bond motifs is 4. The number of carboxylic acids is 1. The second-order valence-corrected chi connectivity index (χ2v) is 12.7.